The van der Waals surface area contributed by atoms with Crippen LogP contribution in [0.4, 0.5) is 0 Å². The summed E-state index contributed by atoms with van der Waals surface area (Å²) in [6, 6.07) is 7.34. The highest BCUT2D eigenvalue weighted by atomic mass is 16.2. The number of nitrogens with zero attached hydrogens (tertiary/aromatic N) is 3. The van der Waals surface area contributed by atoms with Crippen molar-refractivity contribution in [3.8, 4) is 0 Å². The Morgan fingerprint density at radius 3 is 2.50 bits per heavy atom. The molecule has 0 spiro atoms. The average molecular weight is 355 g/mol. The van der Waals surface area contributed by atoms with Gasteiger partial charge in [-0.05, 0) is 18.9 Å². The highest BCUT2D eigenvalue weighted by Gasteiger charge is 2.27. The lowest BCUT2D eigenvalue weighted by Crippen LogP contribution is -2.51. The first-order valence-corrected chi connectivity index (χ1v) is 8.90. The molecule has 2 heterocycles. The number of amides is 2. The summed E-state index contributed by atoms with van der Waals surface area (Å²) in [5.74, 6) is -0.139. The highest BCUT2D eigenvalue weighted by molar-refractivity contribution is 6.04. The third kappa shape index (κ3) is 3.45. The van der Waals surface area contributed by atoms with Gasteiger partial charge in [0.25, 0.3) is 11.5 Å². The Hall–Kier alpha value is -2.74. The zero-order valence-electron chi connectivity index (χ0n) is 14.4. The summed E-state index contributed by atoms with van der Waals surface area (Å²) in [5, 5.41) is 10.4. The molecule has 1 saturated carbocycles. The Balaban J connectivity index is 1.41. The predicted octanol–water partition coefficient (Wildman–Crippen LogP) is -0.0405. The number of benzene rings is 1. The number of fused-ring (bicyclic) bond motifs is 1. The molecule has 26 heavy (non-hydrogen) atoms. The van der Waals surface area contributed by atoms with Crippen molar-refractivity contribution in [1.29, 1.82) is 0 Å². The van der Waals surface area contributed by atoms with Crippen LogP contribution in [0.1, 0.15) is 23.3 Å². The molecule has 2 amide bonds. The molecule has 0 bridgehead atoms. The van der Waals surface area contributed by atoms with Gasteiger partial charge < -0.3 is 10.2 Å². The first-order chi connectivity index (χ1) is 12.6. The molecule has 1 saturated heterocycles. The van der Waals surface area contributed by atoms with Crippen molar-refractivity contribution in [2.45, 2.75) is 18.9 Å². The third-order valence-corrected chi connectivity index (χ3v) is 4.87. The fourth-order valence-corrected chi connectivity index (χ4v) is 3.24. The lowest BCUT2D eigenvalue weighted by molar-refractivity contribution is -0.122. The smallest absolute Gasteiger partial charge is 0.275 e. The molecule has 0 atom stereocenters. The van der Waals surface area contributed by atoms with E-state index in [-0.39, 0.29) is 23.1 Å². The largest absolute Gasteiger partial charge is 0.352 e. The topological polar surface area (TPSA) is 98.4 Å². The van der Waals surface area contributed by atoms with Crippen molar-refractivity contribution < 1.29 is 9.59 Å². The van der Waals surface area contributed by atoms with Crippen LogP contribution < -0.4 is 10.9 Å². The minimum Gasteiger partial charge on any atom is -0.352 e. The molecule has 2 aromatic rings. The van der Waals surface area contributed by atoms with Gasteiger partial charge in [0.15, 0.2) is 5.69 Å². The van der Waals surface area contributed by atoms with E-state index in [1.54, 1.807) is 29.2 Å². The van der Waals surface area contributed by atoms with Crippen LogP contribution in [0.5, 0.6) is 0 Å². The molecule has 2 N–H and O–H groups in total. The van der Waals surface area contributed by atoms with E-state index in [0.717, 1.165) is 12.8 Å². The molecule has 136 valence electrons. The number of hydrogen-bond donors (Lipinski definition) is 2. The van der Waals surface area contributed by atoms with E-state index in [4.69, 9.17) is 0 Å². The van der Waals surface area contributed by atoms with Crippen LogP contribution in [0.2, 0.25) is 0 Å². The molecule has 0 radical (unpaired) electrons. The monoisotopic (exact) mass is 355 g/mol. The number of carbonyl (C=O) groups excluding carboxylic acids is 2. The first-order valence-electron chi connectivity index (χ1n) is 8.90. The summed E-state index contributed by atoms with van der Waals surface area (Å²) in [7, 11) is 0. The van der Waals surface area contributed by atoms with Gasteiger partial charge in [0.2, 0.25) is 5.91 Å². The van der Waals surface area contributed by atoms with E-state index in [1.165, 1.54) is 0 Å². The fourth-order valence-electron chi connectivity index (χ4n) is 3.24. The maximum absolute atomic E-state index is 12.9. The summed E-state index contributed by atoms with van der Waals surface area (Å²) in [6.45, 7) is 2.73. The standard InChI is InChI=1S/C18H21N5O3/c24-15(19-12-5-6-12)11-22-7-9-23(10-8-22)18(26)16-13-3-1-2-4-14(13)17(25)21-20-16/h1-4,12H,5-11H2,(H,19,24)(H,21,25). The van der Waals surface area contributed by atoms with E-state index >= 15 is 0 Å². The quantitative estimate of drug-likeness (QED) is 0.802. The van der Waals surface area contributed by atoms with Crippen molar-refractivity contribution >= 4 is 22.6 Å². The van der Waals surface area contributed by atoms with Gasteiger partial charge in [0, 0.05) is 37.6 Å². The molecule has 1 aromatic carbocycles. The molecule has 1 aliphatic heterocycles. The number of aromatic amines is 1. The summed E-state index contributed by atoms with van der Waals surface area (Å²) in [6.07, 6.45) is 2.16. The molecule has 8 nitrogen and oxygen atoms in total. The number of H-pyrrole nitrogens is 1. The lowest BCUT2D eigenvalue weighted by Gasteiger charge is -2.34. The molecule has 1 aromatic heterocycles. The number of hydrogen-bond acceptors (Lipinski definition) is 5. The molecule has 2 fully saturated rings. The number of carbonyl (C=O) groups is 2. The summed E-state index contributed by atoms with van der Waals surface area (Å²) >= 11 is 0. The van der Waals surface area contributed by atoms with E-state index in [0.29, 0.717) is 49.5 Å². The maximum Gasteiger partial charge on any atom is 0.275 e. The van der Waals surface area contributed by atoms with Crippen LogP contribution in [-0.2, 0) is 4.79 Å². The molecular formula is C18H21N5O3. The Labute approximate surface area is 150 Å². The second-order valence-corrected chi connectivity index (χ2v) is 6.86. The lowest BCUT2D eigenvalue weighted by atomic mass is 10.1. The van der Waals surface area contributed by atoms with E-state index in [1.807, 2.05) is 0 Å². The molecule has 2 aliphatic rings. The van der Waals surface area contributed by atoms with Crippen LogP contribution in [0.15, 0.2) is 29.1 Å². The zero-order chi connectivity index (χ0) is 18.1. The van der Waals surface area contributed by atoms with Crippen LogP contribution in [0, 0.1) is 0 Å². The van der Waals surface area contributed by atoms with Gasteiger partial charge >= 0.3 is 0 Å². The number of aromatic nitrogens is 2. The number of nitrogens with one attached hydrogen (secondary N) is 2. The number of rotatable bonds is 4. The fraction of sp³-hybridized carbons (Fsp3) is 0.444. The molecule has 1 aliphatic carbocycles. The normalized spacial score (nSPS) is 18.1. The van der Waals surface area contributed by atoms with Gasteiger partial charge in [-0.15, -0.1) is 0 Å². The molecular weight excluding hydrogens is 334 g/mol. The van der Waals surface area contributed by atoms with E-state index < -0.39 is 0 Å². The minimum absolute atomic E-state index is 0.0561. The van der Waals surface area contributed by atoms with Crippen LogP contribution in [0.3, 0.4) is 0 Å². The second-order valence-electron chi connectivity index (χ2n) is 6.86. The Kier molecular flexibility index (Phi) is 4.42. The highest BCUT2D eigenvalue weighted by Crippen LogP contribution is 2.18. The minimum atomic E-state index is -0.302. The van der Waals surface area contributed by atoms with Crippen LogP contribution in [0.25, 0.3) is 10.8 Å². The molecule has 4 rings (SSSR count). The summed E-state index contributed by atoms with van der Waals surface area (Å²) < 4.78 is 0. The van der Waals surface area contributed by atoms with E-state index in [2.05, 4.69) is 20.4 Å². The maximum atomic E-state index is 12.9. The zero-order valence-corrected chi connectivity index (χ0v) is 14.4. The van der Waals surface area contributed by atoms with Crippen molar-refractivity contribution in [2.24, 2.45) is 0 Å². The van der Waals surface area contributed by atoms with Gasteiger partial charge in [0.1, 0.15) is 0 Å². The first kappa shape index (κ1) is 16.7. The summed E-state index contributed by atoms with van der Waals surface area (Å²) in [5.41, 5.74) is -0.0382. The van der Waals surface area contributed by atoms with Crippen LogP contribution in [-0.4, -0.2) is 70.6 Å². The van der Waals surface area contributed by atoms with Crippen molar-refractivity contribution in [3.63, 3.8) is 0 Å². The van der Waals surface area contributed by atoms with Crippen molar-refractivity contribution in [1.82, 2.24) is 25.3 Å². The van der Waals surface area contributed by atoms with Crippen LogP contribution >= 0.6 is 0 Å². The van der Waals surface area contributed by atoms with E-state index in [9.17, 15) is 14.4 Å². The Morgan fingerprint density at radius 2 is 1.81 bits per heavy atom. The number of piperazine rings is 1. The predicted molar refractivity (Wildman–Crippen MR) is 95.9 cm³/mol. The van der Waals surface area contributed by atoms with Gasteiger partial charge in [-0.2, -0.15) is 5.10 Å². The average Bonchev–Trinajstić information content (AvgIpc) is 3.46. The van der Waals surface area contributed by atoms with Gasteiger partial charge in [-0.25, -0.2) is 5.10 Å². The van der Waals surface area contributed by atoms with Crippen molar-refractivity contribution in [3.05, 3.63) is 40.3 Å². The van der Waals surface area contributed by atoms with Gasteiger partial charge in [0.05, 0.1) is 11.9 Å². The molecule has 0 unspecified atom stereocenters. The van der Waals surface area contributed by atoms with Gasteiger partial charge in [-0.1, -0.05) is 18.2 Å². The second kappa shape index (κ2) is 6.87. The molecule has 8 heteroatoms. The third-order valence-electron chi connectivity index (χ3n) is 4.87. The Bertz CT molecular complexity index is 897. The SMILES string of the molecule is O=C(CN1CCN(C(=O)c2n[nH]c(=O)c3ccccc23)CC1)NC1CC1. The summed E-state index contributed by atoms with van der Waals surface area (Å²) in [4.78, 5) is 40.4. The Morgan fingerprint density at radius 1 is 1.12 bits per heavy atom. The van der Waals surface area contributed by atoms with Crippen molar-refractivity contribution in [2.75, 3.05) is 32.7 Å². The van der Waals surface area contributed by atoms with Gasteiger partial charge in [-0.3, -0.25) is 19.3 Å².